The summed E-state index contributed by atoms with van der Waals surface area (Å²) in [6.45, 7) is 1.33. The lowest BCUT2D eigenvalue weighted by atomic mass is 9.55. The lowest BCUT2D eigenvalue weighted by molar-refractivity contribution is -0.141. The summed E-state index contributed by atoms with van der Waals surface area (Å²) < 4.78 is 34.5. The van der Waals surface area contributed by atoms with E-state index in [1.807, 2.05) is 27.7 Å². The number of hydrogen-bond donors (Lipinski definition) is 8. The third-order valence-electron chi connectivity index (χ3n) is 24.1. The van der Waals surface area contributed by atoms with E-state index in [1.54, 1.807) is 13.2 Å². The van der Waals surface area contributed by atoms with Crippen LogP contribution >= 0.6 is 21.6 Å². The number of carbonyl (C=O) groups excluding carboxylic acids is 1. The van der Waals surface area contributed by atoms with Gasteiger partial charge in [0.05, 0.1) is 30.4 Å². The molecule has 4 aromatic carbocycles. The zero-order valence-corrected chi connectivity index (χ0v) is 55.2. The molecule has 3 saturated carbocycles. The number of phenols is 2. The van der Waals surface area contributed by atoms with Crippen LogP contribution in [-0.4, -0.2) is 102 Å². The van der Waals surface area contributed by atoms with Crippen molar-refractivity contribution in [2.75, 3.05) is 45.2 Å². The molecule has 0 radical (unpaired) electrons. The van der Waals surface area contributed by atoms with Gasteiger partial charge in [0.15, 0.2) is 18.3 Å². The molecular weight excluding hydrogens is 1200 g/mol. The van der Waals surface area contributed by atoms with Gasteiger partial charge < -0.3 is 65.8 Å². The number of dihydropyridines is 1. The number of phenolic OH excluding ortho intramolecular Hbond substituents is 2. The number of nitrogens with one attached hydrogen (secondary N) is 3. The molecule has 6 heterocycles. The van der Waals surface area contributed by atoms with Gasteiger partial charge in [0.25, 0.3) is 0 Å². The number of aliphatic hydroxyl groups excluding tert-OH is 2. The van der Waals surface area contributed by atoms with Crippen LogP contribution in [0.5, 0.6) is 28.7 Å². The summed E-state index contributed by atoms with van der Waals surface area (Å²) in [5, 5.41) is 60.2. The Morgan fingerprint density at radius 3 is 2.59 bits per heavy atom. The maximum atomic E-state index is 13.9. The van der Waals surface area contributed by atoms with Gasteiger partial charge in [-0.1, -0.05) is 114 Å². The molecule has 1 saturated heterocycles. The molecule has 4 aromatic rings. The summed E-state index contributed by atoms with van der Waals surface area (Å²) in [7, 11) is 5.53. The van der Waals surface area contributed by atoms with Crippen LogP contribution in [-0.2, 0) is 50.9 Å². The fourth-order valence-corrected chi connectivity index (χ4v) is 22.8. The molecule has 0 aromatic heterocycles. The molecule has 14 nitrogen and oxygen atoms in total. The van der Waals surface area contributed by atoms with Crippen LogP contribution in [0.3, 0.4) is 0 Å². The maximum absolute atomic E-state index is 13.9. The molecule has 488 valence electrons. The number of aromatic hydroxyl groups is 2. The van der Waals surface area contributed by atoms with E-state index in [0.29, 0.717) is 65.4 Å². The lowest BCUT2D eigenvalue weighted by Gasteiger charge is -2.49. The third-order valence-corrected chi connectivity index (χ3v) is 26.6. The molecule has 93 heavy (non-hydrogen) atoms. The first kappa shape index (κ1) is 61.8. The summed E-state index contributed by atoms with van der Waals surface area (Å²) in [4.78, 5) is 13.5. The smallest absolute Gasteiger partial charge is 0.302 e. The van der Waals surface area contributed by atoms with Crippen molar-refractivity contribution in [3.05, 3.63) is 128 Å². The van der Waals surface area contributed by atoms with E-state index in [9.17, 15) is 25.2 Å². The van der Waals surface area contributed by atoms with E-state index < -0.39 is 42.3 Å². The molecule has 15 unspecified atom stereocenters. The molecule has 6 aliphatic heterocycles. The van der Waals surface area contributed by atoms with Crippen LogP contribution in [0.4, 0.5) is 0 Å². The largest absolute Gasteiger partial charge is 0.508 e. The Labute approximate surface area is 554 Å². The summed E-state index contributed by atoms with van der Waals surface area (Å²) in [6, 6.07) is 15.2. The summed E-state index contributed by atoms with van der Waals surface area (Å²) in [5.74, 6) is 17.3. The van der Waals surface area contributed by atoms with Crippen molar-refractivity contribution in [2.24, 2.45) is 41.2 Å². The fourth-order valence-electron chi connectivity index (χ4n) is 20.1. The first-order valence-corrected chi connectivity index (χ1v) is 37.2. The standard InChI is InChI=1S/C77H88N4O10S2/c1-42(84)88-38-60-53-17-18-55-67-49(31-52(85)32-64(67)89-41-83)34-76-27-24-47(33-76)70-54-20-23-66(78)81-62(54)21-15-45-12-13-46-29-48-30-50(77(70)25-4-3-5-26-77)16-14-44(48)9-7-11-61(58(36-82)59(46)37-87-2)79-35-57-68(45)69(73(60)91-74(53)71(55)76)56-19-22-63-65(90-75(56)72(57)86)40-93-92-39-43-8-6-10-51(28-43)80-63/h14,16-20,22-23,30-32,43,45-47,51,58-61,63,65-66,70,73,79-83,85-86H,3-11,24-29,33-41,78H2,1-2H3. The molecule has 16 rings (SSSR count). The highest BCUT2D eigenvalue weighted by atomic mass is 33.1. The highest BCUT2D eigenvalue weighted by molar-refractivity contribution is 8.76. The number of ether oxygens (including phenoxy) is 5. The highest BCUT2D eigenvalue weighted by Crippen LogP contribution is 2.66. The number of rotatable bonds is 7. The van der Waals surface area contributed by atoms with Crippen molar-refractivity contribution in [3.8, 4) is 63.6 Å². The summed E-state index contributed by atoms with van der Waals surface area (Å²) in [5.41, 5.74) is 19.5. The molecule has 12 aliphatic rings. The van der Waals surface area contributed by atoms with Crippen molar-refractivity contribution >= 4 is 33.6 Å². The number of nitrogens with two attached hydrogens (primary N) is 1. The quantitative estimate of drug-likeness (QED) is 0.0375. The van der Waals surface area contributed by atoms with Gasteiger partial charge in [0, 0.05) is 119 Å². The SMILES string of the molecule is COCC1C2C#CC3C#CC4=C(C=CC(N)N4)C4C5CCC6(Cc7cc(O)cc(OCO)c7-c7ccc8c(c76)OC(c6c7c(c(O)c(c63)CNC(CCCc3ccc(cc3C2)C42CCCCC2)C1CO)OC1CSSCC2CCCC(C2)NC1C=C7)C8COC(C)=O)C5. The van der Waals surface area contributed by atoms with E-state index in [0.717, 1.165) is 140 Å². The molecule has 16 heteroatoms. The number of fused-ring (bicyclic) bond motifs is 16. The summed E-state index contributed by atoms with van der Waals surface area (Å²) in [6.07, 6.45) is 23.1. The predicted octanol–water partition coefficient (Wildman–Crippen LogP) is 11.3. The number of aliphatic hydroxyl groups is 2. The Hall–Kier alpha value is -6.05. The van der Waals surface area contributed by atoms with Crippen molar-refractivity contribution in [2.45, 2.75) is 182 Å². The highest BCUT2D eigenvalue weighted by Gasteiger charge is 2.57. The molecular formula is C77H88N4O10S2. The number of methoxy groups -OCH3 is 1. The normalized spacial score (nSPS) is 33.0. The Balaban J connectivity index is 1.05. The monoisotopic (exact) mass is 1290 g/mol. The molecule has 2 spiro atoms. The van der Waals surface area contributed by atoms with Crippen molar-refractivity contribution < 1.29 is 48.9 Å². The van der Waals surface area contributed by atoms with E-state index in [2.05, 4.69) is 94.3 Å². The Kier molecular flexibility index (Phi) is 16.7. The second-order valence-corrected chi connectivity index (χ2v) is 31.7. The van der Waals surface area contributed by atoms with E-state index in [-0.39, 0.29) is 84.4 Å². The van der Waals surface area contributed by atoms with Gasteiger partial charge >= 0.3 is 5.97 Å². The number of hydrogen-bond acceptors (Lipinski definition) is 16. The molecule has 12 bridgehead atoms. The predicted molar refractivity (Wildman–Crippen MR) is 363 cm³/mol. The minimum absolute atomic E-state index is 0.0136. The summed E-state index contributed by atoms with van der Waals surface area (Å²) >= 11 is 0. The molecule has 6 aliphatic carbocycles. The third kappa shape index (κ3) is 10.8. The Bertz CT molecular complexity index is 3870. The van der Waals surface area contributed by atoms with Gasteiger partial charge in [-0.05, 0) is 158 Å². The number of aryl methyl sites for hydroxylation is 1. The van der Waals surface area contributed by atoms with E-state index >= 15 is 0 Å². The van der Waals surface area contributed by atoms with Crippen molar-refractivity contribution in [3.63, 3.8) is 0 Å². The topological polar surface area (TPSA) is 206 Å². The van der Waals surface area contributed by atoms with Crippen molar-refractivity contribution in [1.82, 2.24) is 16.0 Å². The average Bonchev–Trinajstić information content (AvgIpc) is 1.60. The van der Waals surface area contributed by atoms with Gasteiger partial charge in [-0.3, -0.25) is 4.79 Å². The lowest BCUT2D eigenvalue weighted by Crippen LogP contribution is -2.49. The minimum atomic E-state index is -0.871. The van der Waals surface area contributed by atoms with Crippen LogP contribution in [0, 0.1) is 59.2 Å². The minimum Gasteiger partial charge on any atom is -0.508 e. The number of esters is 1. The molecule has 4 fully saturated rings. The first-order valence-electron chi connectivity index (χ1n) is 34.7. The maximum Gasteiger partial charge on any atom is 0.302 e. The van der Waals surface area contributed by atoms with Crippen LogP contribution < -0.4 is 35.9 Å². The van der Waals surface area contributed by atoms with Gasteiger partial charge in [-0.15, -0.1) is 0 Å². The fraction of sp³-hybridized carbons (Fsp3) is 0.545. The Morgan fingerprint density at radius 1 is 0.860 bits per heavy atom. The van der Waals surface area contributed by atoms with Crippen molar-refractivity contribution in [1.29, 1.82) is 0 Å². The van der Waals surface area contributed by atoms with Crippen LogP contribution in [0.25, 0.3) is 17.2 Å². The Morgan fingerprint density at radius 2 is 1.74 bits per heavy atom. The zero-order chi connectivity index (χ0) is 63.3. The first-order chi connectivity index (χ1) is 45.4. The number of allylic oxidation sites excluding steroid dienone is 3. The number of benzene rings is 4. The second-order valence-electron chi connectivity index (χ2n) is 29.2. The van der Waals surface area contributed by atoms with E-state index in [1.165, 1.54) is 36.5 Å². The zero-order valence-electron chi connectivity index (χ0n) is 53.5. The average molecular weight is 1290 g/mol. The van der Waals surface area contributed by atoms with Gasteiger partial charge in [-0.2, -0.15) is 0 Å². The van der Waals surface area contributed by atoms with Gasteiger partial charge in [0.2, 0.25) is 0 Å². The second kappa shape index (κ2) is 25.2. The number of carbonyl (C=O) groups is 1. The molecule has 0 amide bonds. The van der Waals surface area contributed by atoms with Crippen LogP contribution in [0.2, 0.25) is 0 Å². The van der Waals surface area contributed by atoms with Crippen LogP contribution in [0.1, 0.15) is 170 Å². The van der Waals surface area contributed by atoms with Crippen LogP contribution in [0.15, 0.2) is 72.0 Å². The molecule has 15 atom stereocenters. The van der Waals surface area contributed by atoms with E-state index in [4.69, 9.17) is 29.4 Å². The van der Waals surface area contributed by atoms with Gasteiger partial charge in [0.1, 0.15) is 42.0 Å². The molecule has 9 N–H and O–H groups in total. The van der Waals surface area contributed by atoms with Gasteiger partial charge in [-0.25, -0.2) is 0 Å².